The molecule has 0 saturated heterocycles. The van der Waals surface area contributed by atoms with E-state index < -0.39 is 0 Å². The molecule has 4 nitrogen and oxygen atoms in total. The van der Waals surface area contributed by atoms with Crippen LogP contribution in [0.25, 0.3) is 21.9 Å². The zero-order chi connectivity index (χ0) is 16.2. The predicted octanol–water partition coefficient (Wildman–Crippen LogP) is 4.60. The minimum atomic E-state index is -0.233. The summed E-state index contributed by atoms with van der Waals surface area (Å²) < 4.78 is 11.5. The van der Waals surface area contributed by atoms with Crippen molar-refractivity contribution in [1.82, 2.24) is 0 Å². The summed E-state index contributed by atoms with van der Waals surface area (Å²) >= 11 is 3.40. The lowest BCUT2D eigenvalue weighted by atomic mass is 10.1. The monoisotopic (exact) mass is 376 g/mol. The zero-order valence-electron chi connectivity index (χ0n) is 12.5. The Morgan fingerprint density at radius 2 is 1.96 bits per heavy atom. The molecule has 5 heteroatoms. The number of aromatic hydroxyl groups is 1. The molecule has 0 bridgehead atoms. The van der Waals surface area contributed by atoms with Gasteiger partial charge in [0.05, 0.1) is 12.0 Å². The van der Waals surface area contributed by atoms with Crippen LogP contribution in [-0.4, -0.2) is 17.0 Å². The van der Waals surface area contributed by atoms with E-state index in [1.54, 1.807) is 30.3 Å². The van der Waals surface area contributed by atoms with Crippen LogP contribution in [0.2, 0.25) is 0 Å². The van der Waals surface area contributed by atoms with E-state index in [0.717, 1.165) is 24.6 Å². The third-order valence-electron chi connectivity index (χ3n) is 3.70. The molecule has 0 aliphatic rings. The Bertz CT molecular complexity index is 885. The minimum Gasteiger partial charge on any atom is -0.507 e. The van der Waals surface area contributed by atoms with Crippen LogP contribution in [0.3, 0.4) is 0 Å². The number of phenolic OH excluding ortho intramolecular Hbond substituents is 1. The first-order valence-corrected chi connectivity index (χ1v) is 8.70. The molecular weight excluding hydrogens is 360 g/mol. The maximum atomic E-state index is 12.5. The largest absolute Gasteiger partial charge is 0.507 e. The molecule has 0 aliphatic heterocycles. The van der Waals surface area contributed by atoms with Gasteiger partial charge < -0.3 is 14.3 Å². The summed E-state index contributed by atoms with van der Waals surface area (Å²) in [6.07, 6.45) is 3.22. The Kier molecular flexibility index (Phi) is 4.86. The van der Waals surface area contributed by atoms with E-state index in [1.807, 2.05) is 0 Å². The van der Waals surface area contributed by atoms with Crippen molar-refractivity contribution in [3.05, 3.63) is 46.6 Å². The second-order valence-electron chi connectivity index (χ2n) is 5.34. The van der Waals surface area contributed by atoms with E-state index in [4.69, 9.17) is 9.15 Å². The van der Waals surface area contributed by atoms with Crippen LogP contribution in [0.1, 0.15) is 19.3 Å². The predicted molar refractivity (Wildman–Crippen MR) is 94.8 cm³/mol. The van der Waals surface area contributed by atoms with Gasteiger partial charge in [0.15, 0.2) is 0 Å². The number of alkyl halides is 1. The molecule has 2 aromatic carbocycles. The second-order valence-corrected chi connectivity index (χ2v) is 6.13. The van der Waals surface area contributed by atoms with Crippen molar-refractivity contribution < 1.29 is 14.3 Å². The lowest BCUT2D eigenvalue weighted by Crippen LogP contribution is -2.03. The molecule has 120 valence electrons. The summed E-state index contributed by atoms with van der Waals surface area (Å²) in [6.45, 7) is 0.636. The average molecular weight is 377 g/mol. The first-order chi connectivity index (χ1) is 11.2. The molecule has 0 radical (unpaired) electrons. The molecule has 0 saturated carbocycles. The zero-order valence-corrected chi connectivity index (χ0v) is 14.1. The number of ether oxygens (including phenoxy) is 1. The van der Waals surface area contributed by atoms with Crippen LogP contribution in [0, 0.1) is 0 Å². The van der Waals surface area contributed by atoms with Gasteiger partial charge in [-0.3, -0.25) is 4.79 Å². The molecule has 0 spiro atoms. The van der Waals surface area contributed by atoms with Gasteiger partial charge in [0, 0.05) is 11.4 Å². The van der Waals surface area contributed by atoms with Crippen LogP contribution in [-0.2, 0) is 0 Å². The number of hydrogen-bond acceptors (Lipinski definition) is 4. The molecule has 0 fully saturated rings. The lowest BCUT2D eigenvalue weighted by molar-refractivity contribution is 0.306. The Morgan fingerprint density at radius 1 is 1.09 bits per heavy atom. The number of unbranched alkanes of at least 4 members (excludes halogenated alkanes) is 2. The average Bonchev–Trinajstić information content (AvgIpc) is 2.54. The van der Waals surface area contributed by atoms with Crippen LogP contribution < -0.4 is 10.2 Å². The summed E-state index contributed by atoms with van der Waals surface area (Å²) in [5, 5.41) is 11.5. The highest BCUT2D eigenvalue weighted by Crippen LogP contribution is 2.27. The Hall–Kier alpha value is -2.01. The van der Waals surface area contributed by atoms with Crippen LogP contribution in [0.15, 0.2) is 45.6 Å². The maximum absolute atomic E-state index is 12.5. The quantitative estimate of drug-likeness (QED) is 0.388. The van der Waals surface area contributed by atoms with Gasteiger partial charge in [-0.15, -0.1) is 0 Å². The fourth-order valence-electron chi connectivity index (χ4n) is 2.51. The molecule has 1 N–H and O–H groups in total. The van der Waals surface area contributed by atoms with E-state index in [1.165, 1.54) is 6.07 Å². The van der Waals surface area contributed by atoms with Crippen molar-refractivity contribution in [2.45, 2.75) is 19.3 Å². The first-order valence-electron chi connectivity index (χ1n) is 7.58. The summed E-state index contributed by atoms with van der Waals surface area (Å²) in [7, 11) is 0. The molecule has 0 aliphatic carbocycles. The molecule has 23 heavy (non-hydrogen) atoms. The number of hydrogen-bond donors (Lipinski definition) is 1. The van der Waals surface area contributed by atoms with Crippen LogP contribution >= 0.6 is 15.9 Å². The summed E-state index contributed by atoms with van der Waals surface area (Å²) in [5.41, 5.74) is 0.603. The van der Waals surface area contributed by atoms with E-state index in [-0.39, 0.29) is 16.6 Å². The molecule has 1 aromatic heterocycles. The number of benzene rings is 2. The van der Waals surface area contributed by atoms with Gasteiger partial charge in [0.1, 0.15) is 28.1 Å². The van der Waals surface area contributed by atoms with Crippen LogP contribution in [0.5, 0.6) is 11.5 Å². The van der Waals surface area contributed by atoms with E-state index in [9.17, 15) is 9.90 Å². The number of phenols is 1. The molecular formula is C18H17BrO4. The van der Waals surface area contributed by atoms with Gasteiger partial charge in [-0.25, -0.2) is 0 Å². The molecule has 3 rings (SSSR count). The Balaban J connectivity index is 1.91. The van der Waals surface area contributed by atoms with Gasteiger partial charge in [-0.05, 0) is 43.5 Å². The lowest BCUT2D eigenvalue weighted by Gasteiger charge is -2.07. The number of rotatable bonds is 6. The third kappa shape index (κ3) is 3.34. The second kappa shape index (κ2) is 7.04. The standard InChI is InChI=1S/C18H17BrO4/c19-9-2-1-3-10-22-12-7-8-13-16(11-12)23-15-6-4-5-14(20)17(15)18(13)21/h4-8,11,20H,1-3,9-10H2. The highest BCUT2D eigenvalue weighted by Gasteiger charge is 2.11. The van der Waals surface area contributed by atoms with E-state index >= 15 is 0 Å². The fourth-order valence-corrected chi connectivity index (χ4v) is 2.91. The van der Waals surface area contributed by atoms with Crippen molar-refractivity contribution in [2.75, 3.05) is 11.9 Å². The Labute approximate surface area is 141 Å². The minimum absolute atomic E-state index is 0.0646. The molecule has 0 atom stereocenters. The maximum Gasteiger partial charge on any atom is 0.204 e. The molecule has 0 amide bonds. The summed E-state index contributed by atoms with van der Waals surface area (Å²) in [6, 6.07) is 9.97. The normalized spacial score (nSPS) is 11.2. The van der Waals surface area contributed by atoms with Crippen molar-refractivity contribution in [3.63, 3.8) is 0 Å². The highest BCUT2D eigenvalue weighted by molar-refractivity contribution is 9.09. The van der Waals surface area contributed by atoms with Crippen molar-refractivity contribution >= 4 is 37.9 Å². The topological polar surface area (TPSA) is 59.7 Å². The van der Waals surface area contributed by atoms with Crippen LogP contribution in [0.4, 0.5) is 0 Å². The SMILES string of the molecule is O=c1c2ccc(OCCCCCBr)cc2oc2cccc(O)c12. The van der Waals surface area contributed by atoms with Crippen molar-refractivity contribution in [2.24, 2.45) is 0 Å². The van der Waals surface area contributed by atoms with Crippen molar-refractivity contribution in [3.8, 4) is 11.5 Å². The highest BCUT2D eigenvalue weighted by atomic mass is 79.9. The van der Waals surface area contributed by atoms with Gasteiger partial charge >= 0.3 is 0 Å². The fraction of sp³-hybridized carbons (Fsp3) is 0.278. The molecule has 0 unspecified atom stereocenters. The summed E-state index contributed by atoms with van der Waals surface area (Å²) in [5.74, 6) is 0.615. The van der Waals surface area contributed by atoms with Crippen molar-refractivity contribution in [1.29, 1.82) is 0 Å². The van der Waals surface area contributed by atoms with Gasteiger partial charge in [0.2, 0.25) is 5.43 Å². The molecule has 3 aromatic rings. The van der Waals surface area contributed by atoms with Gasteiger partial charge in [0.25, 0.3) is 0 Å². The van der Waals surface area contributed by atoms with Gasteiger partial charge in [-0.1, -0.05) is 22.0 Å². The third-order valence-corrected chi connectivity index (χ3v) is 4.26. The van der Waals surface area contributed by atoms with E-state index in [2.05, 4.69) is 15.9 Å². The number of halogens is 1. The number of fused-ring (bicyclic) bond motifs is 2. The van der Waals surface area contributed by atoms with Gasteiger partial charge in [-0.2, -0.15) is 0 Å². The smallest absolute Gasteiger partial charge is 0.204 e. The Morgan fingerprint density at radius 3 is 2.78 bits per heavy atom. The van der Waals surface area contributed by atoms with E-state index in [0.29, 0.717) is 28.9 Å². The first kappa shape index (κ1) is 15.9. The summed E-state index contributed by atoms with van der Waals surface area (Å²) in [4.78, 5) is 12.5. The molecule has 1 heterocycles.